The number of rotatable bonds is 4. The molecule has 1 heterocycles. The quantitative estimate of drug-likeness (QED) is 0.582. The molecule has 0 fully saturated rings. The van der Waals surface area contributed by atoms with E-state index in [4.69, 9.17) is 5.73 Å². The zero-order valence-corrected chi connectivity index (χ0v) is 9.90. The number of nitrogens with one attached hydrogen (secondary N) is 3. The molecule has 7 heteroatoms. The molecule has 0 saturated heterocycles. The second-order valence-electron chi connectivity index (χ2n) is 3.67. The van der Waals surface area contributed by atoms with Crippen molar-refractivity contribution in [3.8, 4) is 0 Å². The van der Waals surface area contributed by atoms with E-state index in [0.717, 1.165) is 0 Å². The summed E-state index contributed by atoms with van der Waals surface area (Å²) in [6, 6.07) is 5.06. The van der Waals surface area contributed by atoms with E-state index in [2.05, 4.69) is 25.8 Å². The second-order valence-corrected chi connectivity index (χ2v) is 3.67. The van der Waals surface area contributed by atoms with Crippen molar-refractivity contribution < 1.29 is 4.79 Å². The molecule has 1 amide bonds. The second kappa shape index (κ2) is 5.17. The summed E-state index contributed by atoms with van der Waals surface area (Å²) in [6.45, 7) is 0.460. The first-order valence-electron chi connectivity index (χ1n) is 5.40. The van der Waals surface area contributed by atoms with Crippen LogP contribution in [0.3, 0.4) is 0 Å². The number of hydrogen-bond acceptors (Lipinski definition) is 5. The third-order valence-corrected chi connectivity index (χ3v) is 2.45. The lowest BCUT2D eigenvalue weighted by molar-refractivity contribution is 0.0963. The molecule has 0 aliphatic rings. The van der Waals surface area contributed by atoms with Crippen molar-refractivity contribution in [2.24, 2.45) is 0 Å². The number of carbonyl (C=O) groups excluding carboxylic acids is 1. The maximum Gasteiger partial charge on any atom is 0.251 e. The lowest BCUT2D eigenvalue weighted by Crippen LogP contribution is -2.18. The number of H-pyrrole nitrogens is 1. The number of carbonyl (C=O) groups is 1. The van der Waals surface area contributed by atoms with Crippen molar-refractivity contribution in [2.45, 2.75) is 6.54 Å². The fourth-order valence-corrected chi connectivity index (χ4v) is 1.49. The minimum Gasteiger partial charge on any atom is -0.397 e. The van der Waals surface area contributed by atoms with Crippen molar-refractivity contribution in [1.82, 2.24) is 20.5 Å². The molecule has 2 aromatic rings. The molecule has 0 unspecified atom stereocenters. The van der Waals surface area contributed by atoms with Gasteiger partial charge >= 0.3 is 0 Å². The maximum absolute atomic E-state index is 11.5. The molecule has 5 N–H and O–H groups in total. The molecule has 0 bridgehead atoms. The Balaban J connectivity index is 2.13. The van der Waals surface area contributed by atoms with Crippen LogP contribution < -0.4 is 16.4 Å². The van der Waals surface area contributed by atoms with Crippen LogP contribution >= 0.6 is 0 Å². The maximum atomic E-state index is 11.5. The molecular weight excluding hydrogens is 232 g/mol. The van der Waals surface area contributed by atoms with Gasteiger partial charge in [0.1, 0.15) is 12.2 Å². The SMILES string of the molecule is CNC(=O)c1ccc(N)c(NCc2ncn[nH]2)c1. The van der Waals surface area contributed by atoms with Gasteiger partial charge in [-0.05, 0) is 18.2 Å². The monoisotopic (exact) mass is 246 g/mol. The highest BCUT2D eigenvalue weighted by Gasteiger charge is 2.07. The molecule has 2 rings (SSSR count). The average molecular weight is 246 g/mol. The summed E-state index contributed by atoms with van der Waals surface area (Å²) in [4.78, 5) is 15.5. The summed E-state index contributed by atoms with van der Waals surface area (Å²) in [5.74, 6) is 0.539. The van der Waals surface area contributed by atoms with Gasteiger partial charge in [0.2, 0.25) is 0 Å². The van der Waals surface area contributed by atoms with Crippen LogP contribution in [0, 0.1) is 0 Å². The van der Waals surface area contributed by atoms with Crippen LogP contribution in [0.2, 0.25) is 0 Å². The van der Waals surface area contributed by atoms with Crippen LogP contribution in [0.15, 0.2) is 24.5 Å². The standard InChI is InChI=1S/C11H14N6O/c1-13-11(18)7-2-3-8(12)9(4-7)14-5-10-15-6-16-17-10/h2-4,6,14H,5,12H2,1H3,(H,13,18)(H,15,16,17). The Morgan fingerprint density at radius 3 is 3.00 bits per heavy atom. The number of benzene rings is 1. The molecule has 94 valence electrons. The first kappa shape index (κ1) is 11.9. The summed E-state index contributed by atoms with van der Waals surface area (Å²) < 4.78 is 0. The van der Waals surface area contributed by atoms with Gasteiger partial charge in [-0.2, -0.15) is 5.10 Å². The summed E-state index contributed by atoms with van der Waals surface area (Å²) in [6.07, 6.45) is 1.43. The van der Waals surface area contributed by atoms with Crippen LogP contribution in [0.4, 0.5) is 11.4 Å². The highest BCUT2D eigenvalue weighted by atomic mass is 16.1. The Labute approximate surface area is 104 Å². The van der Waals surface area contributed by atoms with E-state index < -0.39 is 0 Å². The van der Waals surface area contributed by atoms with Crippen molar-refractivity contribution in [3.05, 3.63) is 35.9 Å². The van der Waals surface area contributed by atoms with E-state index >= 15 is 0 Å². The molecule has 0 spiro atoms. The van der Waals surface area contributed by atoms with Gasteiger partial charge in [-0.25, -0.2) is 4.98 Å². The van der Waals surface area contributed by atoms with Crippen molar-refractivity contribution in [3.63, 3.8) is 0 Å². The summed E-state index contributed by atoms with van der Waals surface area (Å²) in [5.41, 5.74) is 7.64. The van der Waals surface area contributed by atoms with Crippen LogP contribution in [0.25, 0.3) is 0 Å². The van der Waals surface area contributed by atoms with Crippen molar-refractivity contribution >= 4 is 17.3 Å². The summed E-state index contributed by atoms with van der Waals surface area (Å²) >= 11 is 0. The minimum atomic E-state index is -0.155. The number of hydrogen-bond donors (Lipinski definition) is 4. The lowest BCUT2D eigenvalue weighted by Gasteiger charge is -2.09. The number of nitrogen functional groups attached to an aromatic ring is 1. The predicted molar refractivity (Wildman–Crippen MR) is 68.0 cm³/mol. The highest BCUT2D eigenvalue weighted by molar-refractivity contribution is 5.96. The molecule has 18 heavy (non-hydrogen) atoms. The average Bonchev–Trinajstić information content (AvgIpc) is 2.90. The Hall–Kier alpha value is -2.57. The normalized spacial score (nSPS) is 10.1. The first-order valence-corrected chi connectivity index (χ1v) is 5.40. The number of amides is 1. The number of aromatic amines is 1. The van der Waals surface area contributed by atoms with Gasteiger partial charge in [-0.1, -0.05) is 0 Å². The third kappa shape index (κ3) is 2.57. The predicted octanol–water partition coefficient (Wildman–Crippen LogP) is 0.359. The van der Waals surface area contributed by atoms with Crippen LogP contribution in [0.5, 0.6) is 0 Å². The topological polar surface area (TPSA) is 109 Å². The van der Waals surface area contributed by atoms with E-state index in [9.17, 15) is 4.79 Å². The molecule has 0 aliphatic carbocycles. The Morgan fingerprint density at radius 2 is 2.33 bits per heavy atom. The lowest BCUT2D eigenvalue weighted by atomic mass is 10.1. The molecular formula is C11H14N6O. The van der Waals surface area contributed by atoms with Crippen LogP contribution in [0.1, 0.15) is 16.2 Å². The first-order chi connectivity index (χ1) is 8.70. The van der Waals surface area contributed by atoms with Gasteiger partial charge in [0, 0.05) is 12.6 Å². The molecule has 0 radical (unpaired) electrons. The highest BCUT2D eigenvalue weighted by Crippen LogP contribution is 2.20. The van der Waals surface area contributed by atoms with E-state index in [1.165, 1.54) is 6.33 Å². The molecule has 1 aromatic heterocycles. The number of nitrogens with zero attached hydrogens (tertiary/aromatic N) is 2. The van der Waals surface area contributed by atoms with E-state index in [-0.39, 0.29) is 5.91 Å². The molecule has 7 nitrogen and oxygen atoms in total. The molecule has 0 atom stereocenters. The van der Waals surface area contributed by atoms with Gasteiger partial charge in [0.25, 0.3) is 5.91 Å². The zero-order chi connectivity index (χ0) is 13.0. The van der Waals surface area contributed by atoms with Crippen molar-refractivity contribution in [1.29, 1.82) is 0 Å². The molecule has 0 saturated carbocycles. The Bertz CT molecular complexity index is 536. The van der Waals surface area contributed by atoms with Gasteiger partial charge in [0.15, 0.2) is 0 Å². The molecule has 1 aromatic carbocycles. The van der Waals surface area contributed by atoms with Crippen LogP contribution in [-0.4, -0.2) is 28.1 Å². The van der Waals surface area contributed by atoms with Gasteiger partial charge in [-0.3, -0.25) is 9.89 Å². The smallest absolute Gasteiger partial charge is 0.251 e. The molecule has 0 aliphatic heterocycles. The largest absolute Gasteiger partial charge is 0.397 e. The summed E-state index contributed by atoms with van der Waals surface area (Å²) in [7, 11) is 1.58. The summed E-state index contributed by atoms with van der Waals surface area (Å²) in [5, 5.41) is 12.1. The third-order valence-electron chi connectivity index (χ3n) is 2.45. The van der Waals surface area contributed by atoms with Crippen LogP contribution in [-0.2, 0) is 6.54 Å². The van der Waals surface area contributed by atoms with Gasteiger partial charge in [-0.15, -0.1) is 0 Å². The number of anilines is 2. The minimum absolute atomic E-state index is 0.155. The van der Waals surface area contributed by atoms with E-state index in [1.807, 2.05) is 0 Å². The van der Waals surface area contributed by atoms with E-state index in [0.29, 0.717) is 29.3 Å². The van der Waals surface area contributed by atoms with E-state index in [1.54, 1.807) is 25.2 Å². The van der Waals surface area contributed by atoms with Gasteiger partial charge < -0.3 is 16.4 Å². The number of aromatic nitrogens is 3. The fourth-order valence-electron chi connectivity index (χ4n) is 1.49. The van der Waals surface area contributed by atoms with Crippen molar-refractivity contribution in [2.75, 3.05) is 18.1 Å². The fraction of sp³-hybridized carbons (Fsp3) is 0.182. The number of nitrogens with two attached hydrogens (primary N) is 1. The Kier molecular flexibility index (Phi) is 3.42. The van der Waals surface area contributed by atoms with Gasteiger partial charge in [0.05, 0.1) is 17.9 Å². The Morgan fingerprint density at radius 1 is 1.50 bits per heavy atom. The zero-order valence-electron chi connectivity index (χ0n) is 9.90.